The van der Waals surface area contributed by atoms with E-state index in [4.69, 9.17) is 12.2 Å². The number of hydrogen-bond donors (Lipinski definition) is 1. The molecule has 0 unspecified atom stereocenters. The van der Waals surface area contributed by atoms with Crippen LogP contribution >= 0.6 is 28.1 Å². The average molecular weight is 374 g/mol. The second-order valence-electron chi connectivity index (χ2n) is 4.32. The van der Waals surface area contributed by atoms with Gasteiger partial charge < -0.3 is 4.98 Å². The monoisotopic (exact) mass is 373 g/mol. The first-order valence-corrected chi connectivity index (χ1v) is 7.00. The molecule has 0 saturated heterocycles. The molecule has 0 saturated carbocycles. The number of nitrogens with zero attached hydrogens (tertiary/aromatic N) is 2. The van der Waals surface area contributed by atoms with E-state index in [0.29, 0.717) is 26.0 Å². The van der Waals surface area contributed by atoms with E-state index in [1.165, 1.54) is 6.07 Å². The summed E-state index contributed by atoms with van der Waals surface area (Å²) < 4.78 is 41.0. The molecule has 0 aliphatic heterocycles. The third-order valence-electron chi connectivity index (χ3n) is 3.00. The minimum atomic E-state index is -4.41. The van der Waals surface area contributed by atoms with Gasteiger partial charge in [-0.3, -0.25) is 9.55 Å². The van der Waals surface area contributed by atoms with E-state index in [1.54, 1.807) is 23.0 Å². The van der Waals surface area contributed by atoms with Gasteiger partial charge >= 0.3 is 6.18 Å². The van der Waals surface area contributed by atoms with Crippen LogP contribution in [0, 0.1) is 4.77 Å². The number of nitrogens with one attached hydrogen (secondary N) is 1. The Bertz CT molecular complexity index is 882. The topological polar surface area (TPSA) is 33.6 Å². The lowest BCUT2D eigenvalue weighted by molar-refractivity contribution is -0.137. The number of imidazole rings is 1. The van der Waals surface area contributed by atoms with Crippen LogP contribution in [0.2, 0.25) is 0 Å². The minimum Gasteiger partial charge on any atom is -0.329 e. The van der Waals surface area contributed by atoms with Crippen LogP contribution in [0.3, 0.4) is 0 Å². The van der Waals surface area contributed by atoms with Gasteiger partial charge in [0.05, 0.1) is 28.5 Å². The number of H-pyrrole nitrogens is 1. The summed E-state index contributed by atoms with van der Waals surface area (Å²) in [6.45, 7) is 0. The van der Waals surface area contributed by atoms with Crippen molar-refractivity contribution in [3.8, 4) is 5.69 Å². The number of hydrogen-bond acceptors (Lipinski definition) is 2. The van der Waals surface area contributed by atoms with Crippen molar-refractivity contribution in [3.63, 3.8) is 0 Å². The number of pyridine rings is 1. The van der Waals surface area contributed by atoms with Gasteiger partial charge in [-0.2, -0.15) is 13.2 Å². The summed E-state index contributed by atoms with van der Waals surface area (Å²) in [5.74, 6) is 0. The van der Waals surface area contributed by atoms with E-state index < -0.39 is 11.7 Å². The number of aromatic amines is 1. The van der Waals surface area contributed by atoms with Crippen LogP contribution in [-0.4, -0.2) is 14.5 Å². The first-order chi connectivity index (χ1) is 9.88. The molecule has 3 nitrogen and oxygen atoms in total. The Balaban J connectivity index is 2.33. The molecule has 1 aromatic carbocycles. The summed E-state index contributed by atoms with van der Waals surface area (Å²) in [5.41, 5.74) is 0.917. The van der Waals surface area contributed by atoms with Crippen LogP contribution in [0.25, 0.3) is 16.7 Å². The van der Waals surface area contributed by atoms with Crippen molar-refractivity contribution in [1.82, 2.24) is 14.5 Å². The van der Waals surface area contributed by atoms with Crippen LogP contribution in [-0.2, 0) is 6.18 Å². The number of rotatable bonds is 1. The molecule has 1 N–H and O–H groups in total. The maximum absolute atomic E-state index is 12.9. The molecule has 0 radical (unpaired) electrons. The Morgan fingerprint density at radius 2 is 2.00 bits per heavy atom. The summed E-state index contributed by atoms with van der Waals surface area (Å²) in [6.07, 6.45) is -1.28. The molecule has 3 rings (SSSR count). The zero-order valence-corrected chi connectivity index (χ0v) is 12.7. The number of aromatic nitrogens is 3. The highest BCUT2D eigenvalue weighted by Crippen LogP contribution is 2.34. The van der Waals surface area contributed by atoms with Gasteiger partial charge in [-0.05, 0) is 52.4 Å². The number of halogens is 4. The Kier molecular flexibility index (Phi) is 3.37. The van der Waals surface area contributed by atoms with E-state index in [2.05, 4.69) is 25.9 Å². The van der Waals surface area contributed by atoms with Crippen molar-refractivity contribution in [2.75, 3.05) is 0 Å². The lowest BCUT2D eigenvalue weighted by Crippen LogP contribution is -2.06. The summed E-state index contributed by atoms with van der Waals surface area (Å²) >= 11 is 8.48. The van der Waals surface area contributed by atoms with Crippen molar-refractivity contribution in [2.45, 2.75) is 6.18 Å². The molecular formula is C13H7BrF3N3S. The normalized spacial score (nSPS) is 12.0. The summed E-state index contributed by atoms with van der Waals surface area (Å²) in [4.78, 5) is 6.88. The molecule has 0 spiro atoms. The Labute approximate surface area is 130 Å². The quantitative estimate of drug-likeness (QED) is 0.617. The molecule has 2 aromatic heterocycles. The predicted molar refractivity (Wildman–Crippen MR) is 79.0 cm³/mol. The molecule has 0 atom stereocenters. The van der Waals surface area contributed by atoms with Gasteiger partial charge in [0, 0.05) is 10.7 Å². The highest BCUT2D eigenvalue weighted by Gasteiger charge is 2.31. The fraction of sp³-hybridized carbons (Fsp3) is 0.0769. The molecule has 21 heavy (non-hydrogen) atoms. The Morgan fingerprint density at radius 1 is 1.24 bits per heavy atom. The van der Waals surface area contributed by atoms with Crippen LogP contribution in [0.5, 0.6) is 0 Å². The molecular weight excluding hydrogens is 367 g/mol. The van der Waals surface area contributed by atoms with Crippen LogP contribution in [0.15, 0.2) is 41.1 Å². The highest BCUT2D eigenvalue weighted by atomic mass is 79.9. The van der Waals surface area contributed by atoms with Gasteiger partial charge in [0.15, 0.2) is 4.77 Å². The van der Waals surface area contributed by atoms with Gasteiger partial charge in [-0.25, -0.2) is 0 Å². The zero-order chi connectivity index (χ0) is 15.2. The van der Waals surface area contributed by atoms with E-state index in [0.717, 1.165) is 12.1 Å². The third kappa shape index (κ3) is 2.49. The second-order valence-corrected chi connectivity index (χ2v) is 5.56. The molecule has 3 aromatic rings. The van der Waals surface area contributed by atoms with Crippen molar-refractivity contribution < 1.29 is 13.2 Å². The lowest BCUT2D eigenvalue weighted by Gasteiger charge is -2.12. The molecule has 0 aliphatic carbocycles. The van der Waals surface area contributed by atoms with Crippen molar-refractivity contribution in [1.29, 1.82) is 0 Å². The van der Waals surface area contributed by atoms with Gasteiger partial charge in [-0.1, -0.05) is 0 Å². The third-order valence-corrected chi connectivity index (χ3v) is 3.95. The summed E-state index contributed by atoms with van der Waals surface area (Å²) in [6, 6.07) is 5.13. The van der Waals surface area contributed by atoms with Crippen LogP contribution < -0.4 is 0 Å². The van der Waals surface area contributed by atoms with Gasteiger partial charge in [0.1, 0.15) is 0 Å². The van der Waals surface area contributed by atoms with Crippen LogP contribution in [0.1, 0.15) is 5.56 Å². The molecule has 0 amide bonds. The Hall–Kier alpha value is -1.67. The molecule has 8 heteroatoms. The maximum Gasteiger partial charge on any atom is 0.416 e. The molecule has 108 valence electrons. The lowest BCUT2D eigenvalue weighted by atomic mass is 10.2. The number of alkyl halides is 3. The second kappa shape index (κ2) is 4.96. The van der Waals surface area contributed by atoms with Crippen molar-refractivity contribution in [3.05, 3.63) is 51.5 Å². The van der Waals surface area contributed by atoms with Gasteiger partial charge in [0.2, 0.25) is 0 Å². The van der Waals surface area contributed by atoms with Gasteiger partial charge in [0.25, 0.3) is 0 Å². The average Bonchev–Trinajstić information content (AvgIpc) is 2.74. The zero-order valence-electron chi connectivity index (χ0n) is 10.3. The van der Waals surface area contributed by atoms with Crippen LogP contribution in [0.4, 0.5) is 13.2 Å². The predicted octanol–water partition coefficient (Wildman–Crippen LogP) is 4.86. The van der Waals surface area contributed by atoms with E-state index in [-0.39, 0.29) is 0 Å². The maximum atomic E-state index is 12.9. The fourth-order valence-electron chi connectivity index (χ4n) is 2.06. The van der Waals surface area contributed by atoms with Crippen molar-refractivity contribution >= 4 is 39.2 Å². The number of fused-ring (bicyclic) bond motifs is 1. The van der Waals surface area contributed by atoms with E-state index >= 15 is 0 Å². The SMILES string of the molecule is FC(F)(F)c1ccc(Br)c(-n2c(=S)[nH]c3cnccc32)c1. The smallest absolute Gasteiger partial charge is 0.329 e. The van der Waals surface area contributed by atoms with E-state index in [9.17, 15) is 13.2 Å². The largest absolute Gasteiger partial charge is 0.416 e. The first kappa shape index (κ1) is 14.3. The molecule has 0 aliphatic rings. The molecule has 0 bridgehead atoms. The molecule has 2 heterocycles. The Morgan fingerprint density at radius 3 is 2.71 bits per heavy atom. The summed E-state index contributed by atoms with van der Waals surface area (Å²) in [5, 5.41) is 0. The van der Waals surface area contributed by atoms with Gasteiger partial charge in [-0.15, -0.1) is 0 Å². The fourth-order valence-corrected chi connectivity index (χ4v) is 2.79. The minimum absolute atomic E-state index is 0.304. The standard InChI is InChI=1S/C13H7BrF3N3S/c14-8-2-1-7(13(15,16)17)5-11(8)20-10-3-4-18-6-9(10)19-12(20)21/h1-6H,(H,19,21). The first-order valence-electron chi connectivity index (χ1n) is 5.80. The summed E-state index contributed by atoms with van der Waals surface area (Å²) in [7, 11) is 0. The highest BCUT2D eigenvalue weighted by molar-refractivity contribution is 9.10. The van der Waals surface area contributed by atoms with E-state index in [1.807, 2.05) is 0 Å². The molecule has 0 fully saturated rings. The van der Waals surface area contributed by atoms with Crippen molar-refractivity contribution in [2.24, 2.45) is 0 Å². The number of benzene rings is 1.